The Morgan fingerprint density at radius 1 is 0.970 bits per heavy atom. The van der Waals surface area contributed by atoms with Gasteiger partial charge >= 0.3 is 6.18 Å². The maximum atomic E-state index is 13.1. The van der Waals surface area contributed by atoms with Crippen LogP contribution in [0.1, 0.15) is 31.3 Å². The zero-order valence-corrected chi connectivity index (χ0v) is 19.1. The summed E-state index contributed by atoms with van der Waals surface area (Å²) in [7, 11) is 0. The minimum absolute atomic E-state index is 0.0180. The Morgan fingerprint density at radius 3 is 2.18 bits per heavy atom. The van der Waals surface area contributed by atoms with Gasteiger partial charge in [0.1, 0.15) is 9.88 Å². The molecule has 2 aromatic carbocycles. The molecule has 0 radical (unpaired) electrons. The number of rotatable bonds is 3. The molecule has 3 aromatic rings. The number of carbonyl (C=O) groups is 2. The van der Waals surface area contributed by atoms with E-state index in [1.165, 1.54) is 28.4 Å². The highest BCUT2D eigenvalue weighted by molar-refractivity contribution is 7.17. The lowest BCUT2D eigenvalue weighted by molar-refractivity contribution is -0.137. The van der Waals surface area contributed by atoms with Crippen molar-refractivity contribution in [2.45, 2.75) is 13.1 Å². The van der Waals surface area contributed by atoms with E-state index in [0.29, 0.717) is 20.6 Å². The molecule has 1 fully saturated rings. The van der Waals surface area contributed by atoms with Gasteiger partial charge in [0, 0.05) is 42.3 Å². The minimum Gasteiger partial charge on any atom is -0.335 e. The lowest BCUT2D eigenvalue weighted by Gasteiger charge is -2.34. The van der Waals surface area contributed by atoms with Gasteiger partial charge < -0.3 is 9.80 Å². The Labute approximate surface area is 197 Å². The number of hydrogen-bond acceptors (Lipinski definition) is 4. The molecular weight excluding hydrogens is 475 g/mol. The monoisotopic (exact) mass is 493 g/mol. The van der Waals surface area contributed by atoms with Gasteiger partial charge in [-0.05, 0) is 37.3 Å². The van der Waals surface area contributed by atoms with E-state index in [1.54, 1.807) is 24.0 Å². The van der Waals surface area contributed by atoms with Gasteiger partial charge in [-0.3, -0.25) is 9.59 Å². The Balaban J connectivity index is 1.42. The fraction of sp³-hybridized carbons (Fsp3) is 0.261. The first-order valence-corrected chi connectivity index (χ1v) is 11.3. The lowest BCUT2D eigenvalue weighted by atomic mass is 10.1. The van der Waals surface area contributed by atoms with Crippen LogP contribution >= 0.6 is 22.9 Å². The first-order chi connectivity index (χ1) is 15.6. The van der Waals surface area contributed by atoms with Crippen LogP contribution in [-0.4, -0.2) is 52.8 Å². The number of piperazine rings is 1. The zero-order chi connectivity index (χ0) is 23.8. The number of nitrogens with zero attached hydrogens (tertiary/aromatic N) is 3. The predicted molar refractivity (Wildman–Crippen MR) is 121 cm³/mol. The van der Waals surface area contributed by atoms with E-state index in [9.17, 15) is 22.8 Å². The molecule has 1 aliphatic rings. The number of benzene rings is 2. The van der Waals surface area contributed by atoms with Gasteiger partial charge in [0.05, 0.1) is 11.3 Å². The minimum atomic E-state index is -4.52. The van der Waals surface area contributed by atoms with E-state index in [4.69, 9.17) is 11.6 Å². The molecule has 5 nitrogen and oxygen atoms in total. The summed E-state index contributed by atoms with van der Waals surface area (Å²) < 4.78 is 38.9. The summed E-state index contributed by atoms with van der Waals surface area (Å²) in [4.78, 5) is 33.9. The van der Waals surface area contributed by atoms with Crippen LogP contribution < -0.4 is 0 Å². The molecule has 0 bridgehead atoms. The van der Waals surface area contributed by atoms with Gasteiger partial charge in [-0.15, -0.1) is 11.3 Å². The highest BCUT2D eigenvalue weighted by atomic mass is 35.5. The largest absolute Gasteiger partial charge is 0.416 e. The average Bonchev–Trinajstić information content (AvgIpc) is 3.19. The van der Waals surface area contributed by atoms with Crippen LogP contribution in [0.4, 0.5) is 13.2 Å². The Morgan fingerprint density at radius 2 is 1.58 bits per heavy atom. The number of amides is 2. The van der Waals surface area contributed by atoms with Gasteiger partial charge in [0.2, 0.25) is 0 Å². The summed E-state index contributed by atoms with van der Waals surface area (Å²) >= 11 is 7.23. The van der Waals surface area contributed by atoms with Crippen molar-refractivity contribution in [2.24, 2.45) is 0 Å². The van der Waals surface area contributed by atoms with E-state index in [2.05, 4.69) is 4.98 Å². The van der Waals surface area contributed by atoms with E-state index in [-0.39, 0.29) is 37.6 Å². The third kappa shape index (κ3) is 5.04. The van der Waals surface area contributed by atoms with Gasteiger partial charge in [-0.1, -0.05) is 29.8 Å². The molecule has 2 amide bonds. The number of halogens is 4. The second-order valence-electron chi connectivity index (χ2n) is 7.60. The third-order valence-corrected chi connectivity index (χ3v) is 6.82. The van der Waals surface area contributed by atoms with Crippen LogP contribution in [0.25, 0.3) is 10.6 Å². The number of aromatic nitrogens is 1. The van der Waals surface area contributed by atoms with Crippen molar-refractivity contribution in [2.75, 3.05) is 26.2 Å². The van der Waals surface area contributed by atoms with Crippen molar-refractivity contribution in [1.82, 2.24) is 14.8 Å². The fourth-order valence-electron chi connectivity index (χ4n) is 3.58. The van der Waals surface area contributed by atoms with E-state index in [1.807, 2.05) is 12.1 Å². The van der Waals surface area contributed by atoms with Crippen molar-refractivity contribution in [3.05, 3.63) is 75.3 Å². The van der Waals surface area contributed by atoms with Crippen molar-refractivity contribution in [1.29, 1.82) is 0 Å². The maximum absolute atomic E-state index is 13.1. The van der Waals surface area contributed by atoms with Crippen LogP contribution in [0.5, 0.6) is 0 Å². The number of alkyl halides is 3. The lowest BCUT2D eigenvalue weighted by Crippen LogP contribution is -2.50. The highest BCUT2D eigenvalue weighted by Crippen LogP contribution is 2.31. The molecule has 4 rings (SSSR count). The SMILES string of the molecule is Cc1nc(-c2ccc(Cl)cc2)sc1C(=O)N1CCN(C(=O)c2cccc(C(F)(F)F)c2)CC1. The van der Waals surface area contributed by atoms with Crippen molar-refractivity contribution < 1.29 is 22.8 Å². The highest BCUT2D eigenvalue weighted by Gasteiger charge is 2.32. The van der Waals surface area contributed by atoms with E-state index in [0.717, 1.165) is 17.7 Å². The molecule has 172 valence electrons. The summed E-state index contributed by atoms with van der Waals surface area (Å²) in [6.45, 7) is 2.83. The molecule has 10 heteroatoms. The third-order valence-electron chi connectivity index (χ3n) is 5.37. The summed E-state index contributed by atoms with van der Waals surface area (Å²) in [5.41, 5.74) is 0.607. The number of hydrogen-bond donors (Lipinski definition) is 0. The first-order valence-electron chi connectivity index (χ1n) is 10.1. The van der Waals surface area contributed by atoms with Crippen molar-refractivity contribution >= 4 is 34.8 Å². The topological polar surface area (TPSA) is 53.5 Å². The summed E-state index contributed by atoms with van der Waals surface area (Å²) in [5.74, 6) is -0.649. The standard InChI is InChI=1S/C23H19ClF3N3O2S/c1-14-19(33-20(28-14)15-5-7-18(24)8-6-15)22(32)30-11-9-29(10-12-30)21(31)16-3-2-4-17(13-16)23(25,26)27/h2-8,13H,9-12H2,1H3. The van der Waals surface area contributed by atoms with Crippen molar-refractivity contribution in [3.8, 4) is 10.6 Å². The second kappa shape index (κ2) is 9.15. The molecule has 33 heavy (non-hydrogen) atoms. The number of aryl methyl sites for hydroxylation is 1. The van der Waals surface area contributed by atoms with Crippen LogP contribution in [0.2, 0.25) is 5.02 Å². The summed E-state index contributed by atoms with van der Waals surface area (Å²) in [5, 5.41) is 1.33. The molecule has 0 spiro atoms. The van der Waals surface area contributed by atoms with E-state index >= 15 is 0 Å². The molecule has 1 aliphatic heterocycles. The molecule has 0 aliphatic carbocycles. The molecule has 2 heterocycles. The van der Waals surface area contributed by atoms with Crippen LogP contribution in [0.15, 0.2) is 48.5 Å². The quantitative estimate of drug-likeness (QED) is 0.491. The van der Waals surface area contributed by atoms with Crippen molar-refractivity contribution in [3.63, 3.8) is 0 Å². The average molecular weight is 494 g/mol. The molecule has 1 aromatic heterocycles. The molecule has 0 atom stereocenters. The molecular formula is C23H19ClF3N3O2S. The first kappa shape index (κ1) is 23.3. The fourth-order valence-corrected chi connectivity index (χ4v) is 4.74. The number of thiazole rings is 1. The maximum Gasteiger partial charge on any atom is 0.416 e. The normalized spacial score (nSPS) is 14.5. The van der Waals surface area contributed by atoms with Crippen LogP contribution in [0.3, 0.4) is 0 Å². The van der Waals surface area contributed by atoms with Gasteiger partial charge in [0.25, 0.3) is 11.8 Å². The molecule has 0 saturated carbocycles. The second-order valence-corrected chi connectivity index (χ2v) is 9.04. The van der Waals surface area contributed by atoms with Crippen LogP contribution in [-0.2, 0) is 6.18 Å². The number of carbonyl (C=O) groups excluding carboxylic acids is 2. The molecule has 1 saturated heterocycles. The Kier molecular flexibility index (Phi) is 6.45. The van der Waals surface area contributed by atoms with E-state index < -0.39 is 17.6 Å². The van der Waals surface area contributed by atoms with Gasteiger partial charge in [-0.2, -0.15) is 13.2 Å². The summed E-state index contributed by atoms with van der Waals surface area (Å²) in [6.07, 6.45) is -4.52. The summed E-state index contributed by atoms with van der Waals surface area (Å²) in [6, 6.07) is 11.6. The van der Waals surface area contributed by atoms with Gasteiger partial charge in [0.15, 0.2) is 0 Å². The molecule has 0 N–H and O–H groups in total. The zero-order valence-electron chi connectivity index (χ0n) is 17.5. The Bertz CT molecular complexity index is 1190. The van der Waals surface area contributed by atoms with Crippen LogP contribution in [0, 0.1) is 6.92 Å². The smallest absolute Gasteiger partial charge is 0.335 e. The Hall–Kier alpha value is -2.91. The predicted octanol–water partition coefficient (Wildman–Crippen LogP) is 5.39. The van der Waals surface area contributed by atoms with Gasteiger partial charge in [-0.25, -0.2) is 4.98 Å². The molecule has 0 unspecified atom stereocenters.